The van der Waals surface area contributed by atoms with Crippen LogP contribution in [0.3, 0.4) is 0 Å². The molecule has 3 aromatic rings. The molecule has 0 bridgehead atoms. The predicted molar refractivity (Wildman–Crippen MR) is 118 cm³/mol. The van der Waals surface area contributed by atoms with Gasteiger partial charge < -0.3 is 11.1 Å². The van der Waals surface area contributed by atoms with Gasteiger partial charge in [-0.05, 0) is 42.5 Å². The van der Waals surface area contributed by atoms with E-state index in [-0.39, 0.29) is 5.91 Å². The van der Waals surface area contributed by atoms with Gasteiger partial charge >= 0.3 is 0 Å². The molecule has 0 saturated heterocycles. The second kappa shape index (κ2) is 7.80. The minimum atomic E-state index is -0.250. The van der Waals surface area contributed by atoms with Crippen molar-refractivity contribution in [1.29, 1.82) is 0 Å². The number of nitrogens with one attached hydrogen (secondary N) is 1. The Kier molecular flexibility index (Phi) is 5.22. The number of rotatable bonds is 3. The number of nitrogens with two attached hydrogens (primary N) is 1. The number of nitrogen functional groups attached to an aromatic ring is 1. The number of pyridine rings is 1. The molecule has 0 saturated carbocycles. The molecule has 4 nitrogen and oxygen atoms in total. The van der Waals surface area contributed by atoms with Gasteiger partial charge in [0, 0.05) is 33.1 Å². The Morgan fingerprint density at radius 2 is 1.89 bits per heavy atom. The second-order valence-electron chi connectivity index (χ2n) is 6.21. The Hall–Kier alpha value is -2.60. The number of nitrogens with zero attached hydrogens (tertiary/aromatic N) is 1. The molecule has 1 amide bonds. The summed E-state index contributed by atoms with van der Waals surface area (Å²) in [5, 5.41) is 4.96. The number of amides is 1. The first-order valence-corrected chi connectivity index (χ1v) is 10.1. The van der Waals surface area contributed by atoms with Crippen molar-refractivity contribution in [2.45, 2.75) is 6.42 Å². The summed E-state index contributed by atoms with van der Waals surface area (Å²) in [6.45, 7) is 0. The van der Waals surface area contributed by atoms with Gasteiger partial charge in [0.25, 0.3) is 5.91 Å². The fourth-order valence-corrected chi connectivity index (χ4v) is 4.11. The lowest BCUT2D eigenvalue weighted by Crippen LogP contribution is -2.22. The normalized spacial score (nSPS) is 13.8. The summed E-state index contributed by atoms with van der Waals surface area (Å²) in [7, 11) is 0. The van der Waals surface area contributed by atoms with Crippen molar-refractivity contribution in [3.05, 3.63) is 81.3 Å². The maximum atomic E-state index is 12.7. The number of carbonyl (C=O) groups excluding carboxylic acids is 1. The van der Waals surface area contributed by atoms with Crippen molar-refractivity contribution < 1.29 is 4.79 Å². The molecule has 0 spiro atoms. The number of allylic oxidation sites excluding steroid dienone is 5. The summed E-state index contributed by atoms with van der Waals surface area (Å²) in [6.07, 6.45) is 7.82. The Balaban J connectivity index is 1.64. The van der Waals surface area contributed by atoms with E-state index in [2.05, 4.69) is 10.3 Å². The number of fused-ring (bicyclic) bond motifs is 1. The molecule has 7 heteroatoms. The minimum Gasteiger partial charge on any atom is -0.397 e. The van der Waals surface area contributed by atoms with E-state index in [0.29, 0.717) is 31.9 Å². The second-order valence-corrected chi connectivity index (χ2v) is 8.08. The number of hydrogen-bond donors (Lipinski definition) is 2. The average Bonchev–Trinajstić information content (AvgIpc) is 2.88. The number of hydrogen-bond acceptors (Lipinski definition) is 4. The largest absolute Gasteiger partial charge is 0.397 e. The number of aromatic nitrogens is 1. The van der Waals surface area contributed by atoms with Crippen molar-refractivity contribution in [2.24, 2.45) is 0 Å². The molecule has 1 aromatic carbocycles. The summed E-state index contributed by atoms with van der Waals surface area (Å²) >= 11 is 13.2. The van der Waals surface area contributed by atoms with Crippen molar-refractivity contribution in [2.75, 3.05) is 5.73 Å². The highest BCUT2D eigenvalue weighted by atomic mass is 35.5. The molecule has 140 valence electrons. The number of anilines is 1. The van der Waals surface area contributed by atoms with Crippen LogP contribution < -0.4 is 11.1 Å². The maximum absolute atomic E-state index is 12.7. The Labute approximate surface area is 176 Å². The van der Waals surface area contributed by atoms with E-state index in [9.17, 15) is 4.79 Å². The van der Waals surface area contributed by atoms with Crippen molar-refractivity contribution >= 4 is 56.3 Å². The van der Waals surface area contributed by atoms with Gasteiger partial charge in [-0.1, -0.05) is 41.4 Å². The molecule has 4 rings (SSSR count). The molecule has 1 aliphatic carbocycles. The molecular formula is C21H15Cl2N3OS. The van der Waals surface area contributed by atoms with Crippen molar-refractivity contribution in [3.8, 4) is 11.3 Å². The van der Waals surface area contributed by atoms with Crippen LogP contribution in [0.1, 0.15) is 16.1 Å². The summed E-state index contributed by atoms with van der Waals surface area (Å²) in [5.74, 6) is -0.250. The molecule has 3 N–H and O–H groups in total. The number of benzene rings is 1. The lowest BCUT2D eigenvalue weighted by atomic mass is 10.1. The highest BCUT2D eigenvalue weighted by Gasteiger charge is 2.18. The lowest BCUT2D eigenvalue weighted by Gasteiger charge is -2.06. The zero-order valence-electron chi connectivity index (χ0n) is 14.6. The Morgan fingerprint density at radius 3 is 2.68 bits per heavy atom. The molecule has 0 unspecified atom stereocenters. The summed E-state index contributed by atoms with van der Waals surface area (Å²) in [5.41, 5.74) is 9.17. The highest BCUT2D eigenvalue weighted by molar-refractivity contribution is 7.21. The third-order valence-electron chi connectivity index (χ3n) is 4.27. The number of carbonyl (C=O) groups is 1. The van der Waals surface area contributed by atoms with Crippen LogP contribution in [0.5, 0.6) is 0 Å². The monoisotopic (exact) mass is 427 g/mol. The van der Waals surface area contributed by atoms with Gasteiger partial charge in [0.2, 0.25) is 0 Å². The minimum absolute atomic E-state index is 0.250. The van der Waals surface area contributed by atoms with Gasteiger partial charge in [0.15, 0.2) is 0 Å². The summed E-state index contributed by atoms with van der Waals surface area (Å²) in [6, 6.07) is 11.2. The molecule has 1 aliphatic rings. The first kappa shape index (κ1) is 18.7. The first-order chi connectivity index (χ1) is 13.5. The van der Waals surface area contributed by atoms with Gasteiger partial charge in [0.05, 0.1) is 11.4 Å². The Morgan fingerprint density at radius 1 is 1.11 bits per heavy atom. The molecule has 2 heterocycles. The van der Waals surface area contributed by atoms with E-state index < -0.39 is 0 Å². The van der Waals surface area contributed by atoms with Crippen LogP contribution in [0, 0.1) is 0 Å². The first-order valence-electron chi connectivity index (χ1n) is 8.50. The maximum Gasteiger partial charge on any atom is 0.267 e. The van der Waals surface area contributed by atoms with E-state index in [1.807, 2.05) is 42.5 Å². The quantitative estimate of drug-likeness (QED) is 0.546. The SMILES string of the molecule is Nc1c(C(=O)NC2=CC=C(Cl)C=CC2)sc2nc(-c3ccc(Cl)cc3)ccc12. The standard InChI is InChI=1S/C21H15Cl2N3OS/c22-13-2-1-3-15(9-8-13)25-20(27)19-18(24)16-10-11-17(26-21(16)28-19)12-4-6-14(23)7-5-12/h1-2,4-11H,3,24H2,(H,25,27). The van der Waals surface area contributed by atoms with Crippen molar-refractivity contribution in [1.82, 2.24) is 10.3 Å². The van der Waals surface area contributed by atoms with Gasteiger partial charge in [-0.15, -0.1) is 11.3 Å². The van der Waals surface area contributed by atoms with Crippen LogP contribution >= 0.6 is 34.5 Å². The van der Waals surface area contributed by atoms with Crippen LogP contribution in [0.25, 0.3) is 21.5 Å². The fraction of sp³-hybridized carbons (Fsp3) is 0.0476. The predicted octanol–water partition coefficient (Wildman–Crippen LogP) is 5.90. The van der Waals surface area contributed by atoms with Crippen LogP contribution in [0.15, 0.2) is 71.4 Å². The van der Waals surface area contributed by atoms with Gasteiger partial charge in [0.1, 0.15) is 9.71 Å². The molecule has 28 heavy (non-hydrogen) atoms. The number of halogens is 2. The topological polar surface area (TPSA) is 68.0 Å². The van der Waals surface area contributed by atoms with Gasteiger partial charge in [-0.25, -0.2) is 4.98 Å². The van der Waals surface area contributed by atoms with E-state index in [1.54, 1.807) is 18.2 Å². The van der Waals surface area contributed by atoms with Crippen LogP contribution in [-0.2, 0) is 0 Å². The smallest absolute Gasteiger partial charge is 0.267 e. The molecule has 0 fully saturated rings. The lowest BCUT2D eigenvalue weighted by molar-refractivity contribution is 0.0970. The van der Waals surface area contributed by atoms with E-state index in [1.165, 1.54) is 11.3 Å². The zero-order valence-corrected chi connectivity index (χ0v) is 16.9. The molecule has 0 atom stereocenters. The average molecular weight is 428 g/mol. The van der Waals surface area contributed by atoms with Gasteiger partial charge in [-0.3, -0.25) is 4.79 Å². The molecule has 2 aromatic heterocycles. The molecular weight excluding hydrogens is 413 g/mol. The van der Waals surface area contributed by atoms with Crippen LogP contribution in [0.2, 0.25) is 5.02 Å². The van der Waals surface area contributed by atoms with Crippen LogP contribution in [-0.4, -0.2) is 10.9 Å². The van der Waals surface area contributed by atoms with E-state index in [0.717, 1.165) is 22.3 Å². The zero-order chi connectivity index (χ0) is 19.7. The fourth-order valence-electron chi connectivity index (χ4n) is 2.84. The third kappa shape index (κ3) is 3.83. The molecule has 0 radical (unpaired) electrons. The highest BCUT2D eigenvalue weighted by Crippen LogP contribution is 2.34. The van der Waals surface area contributed by atoms with E-state index >= 15 is 0 Å². The summed E-state index contributed by atoms with van der Waals surface area (Å²) in [4.78, 5) is 18.6. The van der Waals surface area contributed by atoms with Gasteiger partial charge in [-0.2, -0.15) is 0 Å². The Bertz CT molecular complexity index is 1160. The van der Waals surface area contributed by atoms with E-state index in [4.69, 9.17) is 28.9 Å². The summed E-state index contributed by atoms with van der Waals surface area (Å²) < 4.78 is 0. The number of thiophene rings is 1. The third-order valence-corrected chi connectivity index (χ3v) is 5.89. The van der Waals surface area contributed by atoms with Crippen LogP contribution in [0.4, 0.5) is 5.69 Å². The van der Waals surface area contributed by atoms with Crippen molar-refractivity contribution in [3.63, 3.8) is 0 Å². The molecule has 0 aliphatic heterocycles.